The van der Waals surface area contributed by atoms with Gasteiger partial charge in [0.2, 0.25) is 0 Å². The van der Waals surface area contributed by atoms with Gasteiger partial charge in [-0.15, -0.1) is 0 Å². The van der Waals surface area contributed by atoms with E-state index in [1.165, 1.54) is 0 Å². The van der Waals surface area contributed by atoms with Crippen LogP contribution in [0, 0.1) is 0 Å². The zero-order valence-electron chi connectivity index (χ0n) is 9.18. The Balaban J connectivity index is 4.42. The fraction of sp³-hybridized carbons (Fsp3) is 0.556. The molecule has 0 radical (unpaired) electrons. The van der Waals surface area contributed by atoms with Gasteiger partial charge in [-0.05, 0) is 0 Å². The van der Waals surface area contributed by atoms with Gasteiger partial charge in [-0.1, -0.05) is 6.58 Å². The van der Waals surface area contributed by atoms with Crippen molar-refractivity contribution in [1.82, 2.24) is 0 Å². The topological polar surface area (TPSA) is 52.6 Å². The van der Waals surface area contributed by atoms with E-state index < -0.39 is 43.4 Å². The monoisotopic (exact) mass is 294 g/mol. The molecular weight excluding hydrogens is 286 g/mol. The van der Waals surface area contributed by atoms with Crippen LogP contribution < -0.4 is 0 Å². The minimum Gasteiger partial charge on any atom is -0.462 e. The summed E-state index contributed by atoms with van der Waals surface area (Å²) in [5.41, 5.74) is 0. The van der Waals surface area contributed by atoms with Crippen molar-refractivity contribution in [2.24, 2.45) is 0 Å². The number of hydrogen-bond acceptors (Lipinski definition) is 4. The molecule has 110 valence electrons. The van der Waals surface area contributed by atoms with E-state index in [-0.39, 0.29) is 0 Å². The number of carbonyl (C=O) groups is 2. The van der Waals surface area contributed by atoms with Gasteiger partial charge in [-0.25, -0.2) is 4.79 Å². The smallest absolute Gasteiger partial charge is 0.434 e. The highest BCUT2D eigenvalue weighted by atomic mass is 19.4. The lowest BCUT2D eigenvalue weighted by atomic mass is 10.3. The molecule has 0 fully saturated rings. The minimum atomic E-state index is -5.77. The van der Waals surface area contributed by atoms with Gasteiger partial charge in [0.1, 0.15) is 6.61 Å². The van der Waals surface area contributed by atoms with E-state index in [9.17, 15) is 35.9 Å². The number of esters is 2. The van der Waals surface area contributed by atoms with Crippen molar-refractivity contribution >= 4 is 11.9 Å². The first kappa shape index (κ1) is 17.3. The standard InChI is InChI=1S/C9H8F6O4/c1-2-5(16)18-4-3-6(17)19-7(8(10,11)12)9(13,14)15/h2,7H,1,3-4H2. The quantitative estimate of drug-likeness (QED) is 0.443. The number of alkyl halides is 6. The van der Waals surface area contributed by atoms with Gasteiger partial charge in [-0.2, -0.15) is 26.3 Å². The third-order valence-corrected chi connectivity index (χ3v) is 1.56. The molecule has 0 unspecified atom stereocenters. The molecule has 0 heterocycles. The molecule has 0 aliphatic carbocycles. The van der Waals surface area contributed by atoms with Gasteiger partial charge in [0, 0.05) is 6.08 Å². The van der Waals surface area contributed by atoms with E-state index in [1.807, 2.05) is 0 Å². The Morgan fingerprint density at radius 1 is 1.11 bits per heavy atom. The molecule has 0 aromatic heterocycles. The Morgan fingerprint density at radius 3 is 1.95 bits per heavy atom. The molecule has 0 saturated heterocycles. The van der Waals surface area contributed by atoms with Crippen molar-refractivity contribution in [3.05, 3.63) is 12.7 Å². The lowest BCUT2D eigenvalue weighted by Crippen LogP contribution is -2.45. The number of rotatable bonds is 5. The van der Waals surface area contributed by atoms with Crippen LogP contribution in [-0.2, 0) is 19.1 Å². The second-order valence-corrected chi connectivity index (χ2v) is 3.07. The summed E-state index contributed by atoms with van der Waals surface area (Å²) in [6.07, 6.45) is -16.0. The predicted molar refractivity (Wildman–Crippen MR) is 47.8 cm³/mol. The maximum Gasteiger partial charge on any atom is 0.434 e. The first-order valence-electron chi connectivity index (χ1n) is 4.60. The van der Waals surface area contributed by atoms with E-state index in [4.69, 9.17) is 0 Å². The summed E-state index contributed by atoms with van der Waals surface area (Å²) in [6, 6.07) is 0. The highest BCUT2D eigenvalue weighted by Crippen LogP contribution is 2.35. The number of carbonyl (C=O) groups excluding carboxylic acids is 2. The molecular formula is C9H8F6O4. The minimum absolute atomic E-state index is 0.708. The molecule has 0 spiro atoms. The molecule has 0 bridgehead atoms. The summed E-state index contributed by atoms with van der Waals surface area (Å²) in [4.78, 5) is 21.3. The summed E-state index contributed by atoms with van der Waals surface area (Å²) in [5.74, 6) is -2.77. The molecule has 0 aliphatic rings. The van der Waals surface area contributed by atoms with Gasteiger partial charge in [0.15, 0.2) is 0 Å². The van der Waals surface area contributed by atoms with Gasteiger partial charge in [0.25, 0.3) is 6.10 Å². The summed E-state index contributed by atoms with van der Waals surface area (Å²) < 4.78 is 79.4. The van der Waals surface area contributed by atoms with E-state index in [2.05, 4.69) is 16.1 Å². The van der Waals surface area contributed by atoms with Crippen LogP contribution in [0.4, 0.5) is 26.3 Å². The van der Waals surface area contributed by atoms with Crippen LogP contribution in [0.15, 0.2) is 12.7 Å². The number of halogens is 6. The Labute approximate surface area is 103 Å². The van der Waals surface area contributed by atoms with Crippen molar-refractivity contribution in [3.8, 4) is 0 Å². The number of hydrogen-bond donors (Lipinski definition) is 0. The molecule has 0 saturated carbocycles. The third kappa shape index (κ3) is 6.67. The average Bonchev–Trinajstić information content (AvgIpc) is 2.22. The van der Waals surface area contributed by atoms with Gasteiger partial charge >= 0.3 is 24.3 Å². The van der Waals surface area contributed by atoms with Crippen molar-refractivity contribution < 1.29 is 45.4 Å². The molecule has 10 heteroatoms. The average molecular weight is 294 g/mol. The SMILES string of the molecule is C=CC(=O)OCCC(=O)OC(C(F)(F)F)C(F)(F)F. The molecule has 0 rings (SSSR count). The predicted octanol–water partition coefficient (Wildman–Crippen LogP) is 2.14. The maximum absolute atomic E-state index is 12.0. The Kier molecular flexibility index (Phi) is 5.84. The largest absolute Gasteiger partial charge is 0.462 e. The van der Waals surface area contributed by atoms with Crippen LogP contribution in [0.1, 0.15) is 6.42 Å². The molecule has 4 nitrogen and oxygen atoms in total. The van der Waals surface area contributed by atoms with Crippen molar-refractivity contribution in [3.63, 3.8) is 0 Å². The molecule has 0 aromatic rings. The zero-order valence-corrected chi connectivity index (χ0v) is 9.18. The lowest BCUT2D eigenvalue weighted by molar-refractivity contribution is -0.313. The van der Waals surface area contributed by atoms with Crippen molar-refractivity contribution in [1.29, 1.82) is 0 Å². The summed E-state index contributed by atoms with van der Waals surface area (Å²) in [6.45, 7) is 2.27. The first-order chi connectivity index (χ1) is 8.48. The van der Waals surface area contributed by atoms with Gasteiger partial charge in [0.05, 0.1) is 6.42 Å². The van der Waals surface area contributed by atoms with E-state index in [0.29, 0.717) is 6.08 Å². The second-order valence-electron chi connectivity index (χ2n) is 3.07. The van der Waals surface area contributed by atoms with Gasteiger partial charge < -0.3 is 9.47 Å². The molecule has 19 heavy (non-hydrogen) atoms. The normalized spacial score (nSPS) is 12.2. The number of ether oxygens (including phenoxy) is 2. The van der Waals surface area contributed by atoms with Gasteiger partial charge in [-0.3, -0.25) is 4.79 Å². The Morgan fingerprint density at radius 2 is 1.58 bits per heavy atom. The van der Waals surface area contributed by atoms with Crippen molar-refractivity contribution in [2.75, 3.05) is 6.61 Å². The highest BCUT2D eigenvalue weighted by Gasteiger charge is 2.59. The summed E-state index contributed by atoms with van der Waals surface area (Å²) in [7, 11) is 0. The van der Waals surface area contributed by atoms with Crippen LogP contribution in [0.3, 0.4) is 0 Å². The fourth-order valence-electron chi connectivity index (χ4n) is 0.803. The van der Waals surface area contributed by atoms with Crippen LogP contribution in [-0.4, -0.2) is 37.0 Å². The van der Waals surface area contributed by atoms with E-state index in [1.54, 1.807) is 0 Å². The maximum atomic E-state index is 12.0. The highest BCUT2D eigenvalue weighted by molar-refractivity contribution is 5.81. The summed E-state index contributed by atoms with van der Waals surface area (Å²) >= 11 is 0. The third-order valence-electron chi connectivity index (χ3n) is 1.56. The van der Waals surface area contributed by atoms with Crippen LogP contribution in [0.2, 0.25) is 0 Å². The van der Waals surface area contributed by atoms with E-state index in [0.717, 1.165) is 0 Å². The molecule has 0 aliphatic heterocycles. The molecule has 0 amide bonds. The molecule has 0 aromatic carbocycles. The second kappa shape index (κ2) is 6.43. The zero-order chi connectivity index (χ0) is 15.3. The molecule has 0 atom stereocenters. The molecule has 0 N–H and O–H groups in total. The fourth-order valence-corrected chi connectivity index (χ4v) is 0.803. The van der Waals surface area contributed by atoms with Crippen LogP contribution in [0.25, 0.3) is 0 Å². The Bertz CT molecular complexity index is 332. The Hall–Kier alpha value is -1.74. The first-order valence-corrected chi connectivity index (χ1v) is 4.60. The van der Waals surface area contributed by atoms with Crippen LogP contribution in [0.5, 0.6) is 0 Å². The summed E-state index contributed by atoms with van der Waals surface area (Å²) in [5, 5.41) is 0. The van der Waals surface area contributed by atoms with Crippen molar-refractivity contribution in [2.45, 2.75) is 24.9 Å². The lowest BCUT2D eigenvalue weighted by Gasteiger charge is -2.22. The van der Waals surface area contributed by atoms with Crippen LogP contribution >= 0.6 is 0 Å². The van der Waals surface area contributed by atoms with E-state index >= 15 is 0 Å².